The standard InChI is InChI=1S/C18H20FNO/c1-13-11-14-5-2-3-8-17(14)20(13)10-9-18(21)15-6-4-7-16(19)12-15/h2-8,12-13,18,21H,9-11H2,1H3. The van der Waals surface area contributed by atoms with Gasteiger partial charge < -0.3 is 10.0 Å². The fraction of sp³-hybridized carbons (Fsp3) is 0.333. The molecule has 0 saturated heterocycles. The van der Waals surface area contributed by atoms with Crippen LogP contribution in [-0.4, -0.2) is 17.7 Å². The Morgan fingerprint density at radius 3 is 2.86 bits per heavy atom. The van der Waals surface area contributed by atoms with Crippen molar-refractivity contribution in [2.24, 2.45) is 0 Å². The zero-order valence-electron chi connectivity index (χ0n) is 12.2. The Morgan fingerprint density at radius 2 is 2.05 bits per heavy atom. The summed E-state index contributed by atoms with van der Waals surface area (Å²) in [4.78, 5) is 2.33. The van der Waals surface area contributed by atoms with E-state index < -0.39 is 6.10 Å². The van der Waals surface area contributed by atoms with Crippen LogP contribution >= 0.6 is 0 Å². The molecule has 2 aromatic rings. The number of para-hydroxylation sites is 1. The van der Waals surface area contributed by atoms with Crippen LogP contribution in [0.4, 0.5) is 10.1 Å². The smallest absolute Gasteiger partial charge is 0.123 e. The number of halogens is 1. The quantitative estimate of drug-likeness (QED) is 0.926. The molecule has 1 N–H and O–H groups in total. The number of aliphatic hydroxyl groups is 1. The molecule has 0 bridgehead atoms. The Kier molecular flexibility index (Phi) is 3.93. The van der Waals surface area contributed by atoms with Crippen LogP contribution in [0.25, 0.3) is 0 Å². The molecule has 0 aliphatic carbocycles. The Morgan fingerprint density at radius 1 is 1.24 bits per heavy atom. The van der Waals surface area contributed by atoms with Gasteiger partial charge >= 0.3 is 0 Å². The molecule has 0 aromatic heterocycles. The third-order valence-electron chi connectivity index (χ3n) is 4.23. The normalized spacial score (nSPS) is 18.6. The van der Waals surface area contributed by atoms with E-state index in [1.807, 2.05) is 6.07 Å². The molecule has 110 valence electrons. The number of hydrogen-bond donors (Lipinski definition) is 1. The van der Waals surface area contributed by atoms with E-state index in [1.165, 1.54) is 23.4 Å². The van der Waals surface area contributed by atoms with E-state index in [4.69, 9.17) is 0 Å². The van der Waals surface area contributed by atoms with Gasteiger partial charge in [0.2, 0.25) is 0 Å². The van der Waals surface area contributed by atoms with Gasteiger partial charge in [-0.05, 0) is 49.1 Å². The molecule has 3 heteroatoms. The van der Waals surface area contributed by atoms with E-state index in [2.05, 4.69) is 30.0 Å². The highest BCUT2D eigenvalue weighted by molar-refractivity contribution is 5.59. The van der Waals surface area contributed by atoms with E-state index in [-0.39, 0.29) is 5.82 Å². The number of rotatable bonds is 4. The Labute approximate surface area is 124 Å². The predicted octanol–water partition coefficient (Wildman–Crippen LogP) is 3.70. The number of nitrogens with zero attached hydrogens (tertiary/aromatic N) is 1. The van der Waals surface area contributed by atoms with Crippen molar-refractivity contribution in [2.75, 3.05) is 11.4 Å². The van der Waals surface area contributed by atoms with Gasteiger partial charge in [-0.25, -0.2) is 4.39 Å². The SMILES string of the molecule is CC1Cc2ccccc2N1CCC(O)c1cccc(F)c1. The van der Waals surface area contributed by atoms with Gasteiger partial charge in [-0.3, -0.25) is 0 Å². The lowest BCUT2D eigenvalue weighted by molar-refractivity contribution is 0.168. The number of hydrogen-bond acceptors (Lipinski definition) is 2. The first-order chi connectivity index (χ1) is 10.1. The highest BCUT2D eigenvalue weighted by Crippen LogP contribution is 2.32. The zero-order chi connectivity index (χ0) is 14.8. The summed E-state index contributed by atoms with van der Waals surface area (Å²) in [5, 5.41) is 10.2. The second kappa shape index (κ2) is 5.86. The summed E-state index contributed by atoms with van der Waals surface area (Å²) >= 11 is 0. The van der Waals surface area contributed by atoms with Crippen molar-refractivity contribution in [3.05, 3.63) is 65.5 Å². The fourth-order valence-electron chi connectivity index (χ4n) is 3.11. The van der Waals surface area contributed by atoms with Crippen LogP contribution in [0.3, 0.4) is 0 Å². The maximum Gasteiger partial charge on any atom is 0.123 e. The number of fused-ring (bicyclic) bond motifs is 1. The molecule has 21 heavy (non-hydrogen) atoms. The third kappa shape index (κ3) is 2.93. The largest absolute Gasteiger partial charge is 0.388 e. The summed E-state index contributed by atoms with van der Waals surface area (Å²) in [7, 11) is 0. The zero-order valence-corrected chi connectivity index (χ0v) is 12.2. The summed E-state index contributed by atoms with van der Waals surface area (Å²) < 4.78 is 13.2. The van der Waals surface area contributed by atoms with E-state index in [0.29, 0.717) is 18.0 Å². The molecule has 2 atom stereocenters. The topological polar surface area (TPSA) is 23.5 Å². The van der Waals surface area contributed by atoms with Crippen molar-refractivity contribution < 1.29 is 9.50 Å². The lowest BCUT2D eigenvalue weighted by atomic mass is 10.1. The summed E-state index contributed by atoms with van der Waals surface area (Å²) in [6.45, 7) is 2.98. The van der Waals surface area contributed by atoms with Crippen molar-refractivity contribution in [2.45, 2.75) is 31.9 Å². The van der Waals surface area contributed by atoms with Crippen molar-refractivity contribution in [1.82, 2.24) is 0 Å². The number of anilines is 1. The molecule has 0 radical (unpaired) electrons. The van der Waals surface area contributed by atoms with Gasteiger partial charge in [-0.2, -0.15) is 0 Å². The van der Waals surface area contributed by atoms with Gasteiger partial charge in [0.15, 0.2) is 0 Å². The Bertz CT molecular complexity index is 628. The Hall–Kier alpha value is -1.87. The Balaban J connectivity index is 1.68. The summed E-state index contributed by atoms with van der Waals surface area (Å²) in [5.74, 6) is -0.300. The summed E-state index contributed by atoms with van der Waals surface area (Å²) in [6, 6.07) is 15.1. The molecule has 0 fully saturated rings. The highest BCUT2D eigenvalue weighted by atomic mass is 19.1. The average Bonchev–Trinajstić information content (AvgIpc) is 2.80. The molecule has 1 heterocycles. The van der Waals surface area contributed by atoms with Gasteiger partial charge in [0.1, 0.15) is 5.82 Å². The van der Waals surface area contributed by atoms with Crippen LogP contribution in [0.15, 0.2) is 48.5 Å². The van der Waals surface area contributed by atoms with Gasteiger partial charge in [-0.15, -0.1) is 0 Å². The van der Waals surface area contributed by atoms with E-state index in [1.54, 1.807) is 12.1 Å². The van der Waals surface area contributed by atoms with Crippen LogP contribution in [0.1, 0.15) is 30.6 Å². The van der Waals surface area contributed by atoms with Crippen molar-refractivity contribution in [3.8, 4) is 0 Å². The molecule has 0 saturated carbocycles. The van der Waals surface area contributed by atoms with Crippen LogP contribution in [0.2, 0.25) is 0 Å². The molecule has 2 aromatic carbocycles. The van der Waals surface area contributed by atoms with Gasteiger partial charge in [-0.1, -0.05) is 30.3 Å². The molecular formula is C18H20FNO. The van der Waals surface area contributed by atoms with E-state index >= 15 is 0 Å². The third-order valence-corrected chi connectivity index (χ3v) is 4.23. The molecule has 0 amide bonds. The van der Waals surface area contributed by atoms with Crippen molar-refractivity contribution in [3.63, 3.8) is 0 Å². The van der Waals surface area contributed by atoms with Gasteiger partial charge in [0, 0.05) is 18.3 Å². The summed E-state index contributed by atoms with van der Waals surface area (Å²) in [5.41, 5.74) is 3.27. The molecule has 1 aliphatic rings. The molecule has 2 nitrogen and oxygen atoms in total. The lowest BCUT2D eigenvalue weighted by Crippen LogP contribution is -2.31. The molecule has 0 spiro atoms. The van der Waals surface area contributed by atoms with Crippen molar-refractivity contribution in [1.29, 1.82) is 0 Å². The first kappa shape index (κ1) is 14.1. The minimum absolute atomic E-state index is 0.300. The maximum atomic E-state index is 13.2. The van der Waals surface area contributed by atoms with Gasteiger partial charge in [0.05, 0.1) is 6.10 Å². The van der Waals surface area contributed by atoms with Crippen LogP contribution in [-0.2, 0) is 6.42 Å². The summed E-state index contributed by atoms with van der Waals surface area (Å²) in [6.07, 6.45) is 1.02. The lowest BCUT2D eigenvalue weighted by Gasteiger charge is -2.26. The number of aliphatic hydroxyl groups excluding tert-OH is 1. The maximum absolute atomic E-state index is 13.2. The highest BCUT2D eigenvalue weighted by Gasteiger charge is 2.25. The first-order valence-electron chi connectivity index (χ1n) is 7.43. The first-order valence-corrected chi connectivity index (χ1v) is 7.43. The minimum Gasteiger partial charge on any atom is -0.388 e. The van der Waals surface area contributed by atoms with E-state index in [9.17, 15) is 9.50 Å². The van der Waals surface area contributed by atoms with Crippen LogP contribution < -0.4 is 4.90 Å². The van der Waals surface area contributed by atoms with Crippen LogP contribution in [0.5, 0.6) is 0 Å². The predicted molar refractivity (Wildman–Crippen MR) is 82.9 cm³/mol. The van der Waals surface area contributed by atoms with Gasteiger partial charge in [0.25, 0.3) is 0 Å². The minimum atomic E-state index is -0.624. The second-order valence-corrected chi connectivity index (χ2v) is 5.73. The molecular weight excluding hydrogens is 265 g/mol. The number of benzene rings is 2. The molecule has 2 unspecified atom stereocenters. The monoisotopic (exact) mass is 285 g/mol. The molecule has 3 rings (SSSR count). The van der Waals surface area contributed by atoms with Crippen molar-refractivity contribution >= 4 is 5.69 Å². The van der Waals surface area contributed by atoms with Crippen LogP contribution in [0, 0.1) is 5.82 Å². The van der Waals surface area contributed by atoms with E-state index in [0.717, 1.165) is 13.0 Å². The molecule has 1 aliphatic heterocycles. The fourth-order valence-corrected chi connectivity index (χ4v) is 3.11. The average molecular weight is 285 g/mol. The second-order valence-electron chi connectivity index (χ2n) is 5.73.